The zero-order valence-corrected chi connectivity index (χ0v) is 11.6. The van der Waals surface area contributed by atoms with Gasteiger partial charge in [-0.3, -0.25) is 9.59 Å². The number of nitrogens with one attached hydrogen (secondary N) is 1. The highest BCUT2D eigenvalue weighted by molar-refractivity contribution is 9.10. The van der Waals surface area contributed by atoms with E-state index in [9.17, 15) is 9.59 Å². The lowest BCUT2D eigenvalue weighted by molar-refractivity contribution is -0.137. The predicted molar refractivity (Wildman–Crippen MR) is 70.0 cm³/mol. The summed E-state index contributed by atoms with van der Waals surface area (Å²) in [4.78, 5) is 22.7. The molecule has 0 unspecified atom stereocenters. The molecule has 1 rings (SSSR count). The fourth-order valence-corrected chi connectivity index (χ4v) is 2.67. The van der Waals surface area contributed by atoms with Crippen LogP contribution in [0.2, 0.25) is 0 Å². The SMILES string of the molecule is O=C(O)CCCCC(=O)NCc1cc(Br)cs1. The van der Waals surface area contributed by atoms with Crippen molar-refractivity contribution in [1.82, 2.24) is 5.32 Å². The lowest BCUT2D eigenvalue weighted by Crippen LogP contribution is -2.21. The number of amides is 1. The van der Waals surface area contributed by atoms with Crippen molar-refractivity contribution >= 4 is 39.1 Å². The van der Waals surface area contributed by atoms with E-state index in [2.05, 4.69) is 21.2 Å². The Labute approximate surface area is 112 Å². The minimum atomic E-state index is -0.811. The number of unbranched alkanes of at least 4 members (excludes halogenated alkanes) is 1. The molecule has 0 spiro atoms. The summed E-state index contributed by atoms with van der Waals surface area (Å²) < 4.78 is 1.02. The minimum Gasteiger partial charge on any atom is -0.481 e. The summed E-state index contributed by atoms with van der Waals surface area (Å²) in [6.07, 6.45) is 1.69. The summed E-state index contributed by atoms with van der Waals surface area (Å²) in [6, 6.07) is 1.97. The van der Waals surface area contributed by atoms with Crippen molar-refractivity contribution in [2.75, 3.05) is 0 Å². The Bertz CT molecular complexity index is 392. The highest BCUT2D eigenvalue weighted by Crippen LogP contribution is 2.19. The van der Waals surface area contributed by atoms with Crippen LogP contribution >= 0.6 is 27.3 Å². The molecule has 0 saturated carbocycles. The molecule has 6 heteroatoms. The molecule has 0 saturated heterocycles. The molecule has 0 bridgehead atoms. The van der Waals surface area contributed by atoms with Crippen LogP contribution in [-0.2, 0) is 16.1 Å². The second-order valence-electron chi connectivity index (χ2n) is 3.61. The highest BCUT2D eigenvalue weighted by Gasteiger charge is 2.04. The maximum Gasteiger partial charge on any atom is 0.303 e. The number of hydrogen-bond acceptors (Lipinski definition) is 3. The molecule has 17 heavy (non-hydrogen) atoms. The van der Waals surface area contributed by atoms with E-state index in [-0.39, 0.29) is 12.3 Å². The molecule has 0 radical (unpaired) electrons. The molecule has 4 nitrogen and oxygen atoms in total. The van der Waals surface area contributed by atoms with Gasteiger partial charge in [0, 0.05) is 27.6 Å². The van der Waals surface area contributed by atoms with E-state index in [4.69, 9.17) is 5.11 Å². The summed E-state index contributed by atoms with van der Waals surface area (Å²) in [7, 11) is 0. The van der Waals surface area contributed by atoms with E-state index in [1.54, 1.807) is 11.3 Å². The molecule has 0 aromatic carbocycles. The number of rotatable bonds is 7. The van der Waals surface area contributed by atoms with Crippen LogP contribution in [0.15, 0.2) is 15.9 Å². The Morgan fingerprint density at radius 1 is 1.35 bits per heavy atom. The Morgan fingerprint density at radius 2 is 2.06 bits per heavy atom. The second kappa shape index (κ2) is 7.45. The van der Waals surface area contributed by atoms with E-state index in [1.807, 2.05) is 11.4 Å². The predicted octanol–water partition coefficient (Wildman–Crippen LogP) is 2.77. The summed E-state index contributed by atoms with van der Waals surface area (Å²) >= 11 is 4.93. The summed E-state index contributed by atoms with van der Waals surface area (Å²) in [5.41, 5.74) is 0. The minimum absolute atomic E-state index is 0.0279. The first kappa shape index (κ1) is 14.2. The third-order valence-electron chi connectivity index (χ3n) is 2.13. The third-order valence-corrected chi connectivity index (χ3v) is 3.82. The summed E-state index contributed by atoms with van der Waals surface area (Å²) in [5.74, 6) is -0.839. The van der Waals surface area contributed by atoms with Crippen molar-refractivity contribution in [2.45, 2.75) is 32.2 Å². The quantitative estimate of drug-likeness (QED) is 0.759. The largest absolute Gasteiger partial charge is 0.481 e. The van der Waals surface area contributed by atoms with E-state index >= 15 is 0 Å². The molecular formula is C11H14BrNO3S. The van der Waals surface area contributed by atoms with Gasteiger partial charge in [0.25, 0.3) is 0 Å². The molecule has 1 amide bonds. The zero-order chi connectivity index (χ0) is 12.7. The van der Waals surface area contributed by atoms with Crippen LogP contribution in [0.25, 0.3) is 0 Å². The fourth-order valence-electron chi connectivity index (χ4n) is 1.28. The van der Waals surface area contributed by atoms with Gasteiger partial charge in [-0.15, -0.1) is 11.3 Å². The fraction of sp³-hybridized carbons (Fsp3) is 0.455. The number of carbonyl (C=O) groups excluding carboxylic acids is 1. The lowest BCUT2D eigenvalue weighted by Gasteiger charge is -2.02. The normalized spacial score (nSPS) is 10.2. The van der Waals surface area contributed by atoms with E-state index in [1.165, 1.54) is 0 Å². The van der Waals surface area contributed by atoms with Crippen LogP contribution in [-0.4, -0.2) is 17.0 Å². The molecule has 0 aliphatic heterocycles. The van der Waals surface area contributed by atoms with Gasteiger partial charge in [0.1, 0.15) is 0 Å². The number of carboxylic acid groups (broad SMARTS) is 1. The molecule has 94 valence electrons. The summed E-state index contributed by atoms with van der Waals surface area (Å²) in [6.45, 7) is 0.536. The Morgan fingerprint density at radius 3 is 2.65 bits per heavy atom. The molecule has 2 N–H and O–H groups in total. The number of thiophene rings is 1. The van der Waals surface area contributed by atoms with Crippen LogP contribution in [0.5, 0.6) is 0 Å². The van der Waals surface area contributed by atoms with Crippen molar-refractivity contribution in [1.29, 1.82) is 0 Å². The van der Waals surface area contributed by atoms with Crippen LogP contribution in [0.4, 0.5) is 0 Å². The summed E-state index contributed by atoms with van der Waals surface area (Å²) in [5, 5.41) is 13.2. The molecule has 1 aromatic rings. The number of halogens is 1. The van der Waals surface area contributed by atoms with Gasteiger partial charge in [-0.05, 0) is 34.8 Å². The van der Waals surface area contributed by atoms with Gasteiger partial charge in [-0.25, -0.2) is 0 Å². The van der Waals surface area contributed by atoms with Crippen molar-refractivity contribution in [3.05, 3.63) is 20.8 Å². The second-order valence-corrected chi connectivity index (χ2v) is 5.52. The average molecular weight is 320 g/mol. The number of aliphatic carboxylic acids is 1. The lowest BCUT2D eigenvalue weighted by atomic mass is 10.2. The number of carbonyl (C=O) groups is 2. The molecule has 0 aliphatic carbocycles. The van der Waals surface area contributed by atoms with Crippen LogP contribution in [0.3, 0.4) is 0 Å². The van der Waals surface area contributed by atoms with E-state index < -0.39 is 5.97 Å². The maximum atomic E-state index is 11.4. The van der Waals surface area contributed by atoms with Crippen molar-refractivity contribution < 1.29 is 14.7 Å². The number of carboxylic acids is 1. The number of hydrogen-bond donors (Lipinski definition) is 2. The molecular weight excluding hydrogens is 306 g/mol. The van der Waals surface area contributed by atoms with Crippen LogP contribution in [0, 0.1) is 0 Å². The van der Waals surface area contributed by atoms with Crippen LogP contribution < -0.4 is 5.32 Å². The first-order valence-electron chi connectivity index (χ1n) is 5.29. The average Bonchev–Trinajstić information content (AvgIpc) is 2.67. The Kier molecular flexibility index (Phi) is 6.21. The maximum absolute atomic E-state index is 11.4. The highest BCUT2D eigenvalue weighted by atomic mass is 79.9. The standard InChI is InChI=1S/C11H14BrNO3S/c12-8-5-9(17-7-8)6-13-10(14)3-1-2-4-11(15)16/h5,7H,1-4,6H2,(H,13,14)(H,15,16). The molecule has 1 aromatic heterocycles. The monoisotopic (exact) mass is 319 g/mol. The van der Waals surface area contributed by atoms with E-state index in [0.29, 0.717) is 25.8 Å². The third kappa shape index (κ3) is 6.43. The van der Waals surface area contributed by atoms with Crippen LogP contribution in [0.1, 0.15) is 30.6 Å². The zero-order valence-electron chi connectivity index (χ0n) is 9.24. The Balaban J connectivity index is 2.11. The van der Waals surface area contributed by atoms with Gasteiger partial charge in [0.2, 0.25) is 5.91 Å². The van der Waals surface area contributed by atoms with Gasteiger partial charge < -0.3 is 10.4 Å². The van der Waals surface area contributed by atoms with Crippen molar-refractivity contribution in [3.8, 4) is 0 Å². The smallest absolute Gasteiger partial charge is 0.303 e. The first-order chi connectivity index (χ1) is 8.08. The van der Waals surface area contributed by atoms with E-state index in [0.717, 1.165) is 9.35 Å². The van der Waals surface area contributed by atoms with Crippen molar-refractivity contribution in [2.24, 2.45) is 0 Å². The van der Waals surface area contributed by atoms with Gasteiger partial charge >= 0.3 is 5.97 Å². The van der Waals surface area contributed by atoms with Gasteiger partial charge in [-0.2, -0.15) is 0 Å². The van der Waals surface area contributed by atoms with Gasteiger partial charge in [0.15, 0.2) is 0 Å². The topological polar surface area (TPSA) is 66.4 Å². The van der Waals surface area contributed by atoms with Gasteiger partial charge in [0.05, 0.1) is 6.54 Å². The van der Waals surface area contributed by atoms with Gasteiger partial charge in [-0.1, -0.05) is 0 Å². The molecule has 1 heterocycles. The molecule has 0 aliphatic rings. The molecule has 0 atom stereocenters. The molecule has 0 fully saturated rings. The van der Waals surface area contributed by atoms with Crippen molar-refractivity contribution in [3.63, 3.8) is 0 Å². The first-order valence-corrected chi connectivity index (χ1v) is 6.96. The Hall–Kier alpha value is -0.880.